The molecule has 0 saturated carbocycles. The Kier molecular flexibility index (Phi) is 46.6. The molecule has 1 fully saturated rings. The standard InChI is InChI=1S/C63H104O12/c1-4-7-10-13-16-19-22-24-26-27-28-29-31-32-35-37-40-43-46-49-55(64)71-52-54(73-56(65)50-47-44-41-38-34-21-18-15-12-9-6-3)53-72-63-61(59(68)58(67)60(75-63)62(69)70)74-57(66)51-48-45-42-39-36-33-30-25-23-20-17-14-11-8-5-2/h7,10,15-20,24-26,28-30,54,58-61,63,67-68H,4-6,8-9,11-14,21-23,27,31-53H2,1-3H3,(H,69,70)/b10-7-,18-15-,19-16-,20-17-,26-24-,29-28-,30-25-. The fourth-order valence-electron chi connectivity index (χ4n) is 8.37. The Bertz CT molecular complexity index is 1630. The van der Waals surface area contributed by atoms with Gasteiger partial charge in [-0.25, -0.2) is 4.79 Å². The van der Waals surface area contributed by atoms with E-state index in [0.29, 0.717) is 19.3 Å². The second-order valence-corrected chi connectivity index (χ2v) is 19.9. The van der Waals surface area contributed by atoms with E-state index in [-0.39, 0.29) is 25.9 Å². The van der Waals surface area contributed by atoms with E-state index in [1.807, 2.05) is 0 Å². The summed E-state index contributed by atoms with van der Waals surface area (Å²) >= 11 is 0. The number of unbranched alkanes of at least 4 members (excludes halogenated alkanes) is 21. The highest BCUT2D eigenvalue weighted by Gasteiger charge is 2.50. The van der Waals surface area contributed by atoms with E-state index in [0.717, 1.165) is 148 Å². The summed E-state index contributed by atoms with van der Waals surface area (Å²) < 4.78 is 28.4. The maximum atomic E-state index is 13.1. The van der Waals surface area contributed by atoms with E-state index in [4.69, 9.17) is 23.7 Å². The predicted octanol–water partition coefficient (Wildman–Crippen LogP) is 15.1. The maximum absolute atomic E-state index is 13.1. The van der Waals surface area contributed by atoms with Crippen LogP contribution in [0, 0.1) is 0 Å². The van der Waals surface area contributed by atoms with Crippen LogP contribution in [0.5, 0.6) is 0 Å². The number of rotatable bonds is 49. The molecule has 1 rings (SSSR count). The Hall–Kier alpha value is -4.10. The Morgan fingerprint density at radius 2 is 0.853 bits per heavy atom. The van der Waals surface area contributed by atoms with Crippen LogP contribution in [-0.4, -0.2) is 89.2 Å². The van der Waals surface area contributed by atoms with Gasteiger partial charge in [0.15, 0.2) is 24.6 Å². The molecule has 0 aliphatic carbocycles. The van der Waals surface area contributed by atoms with Crippen LogP contribution in [0.1, 0.15) is 239 Å². The van der Waals surface area contributed by atoms with Gasteiger partial charge in [-0.3, -0.25) is 14.4 Å². The molecular formula is C63H104O12. The summed E-state index contributed by atoms with van der Waals surface area (Å²) in [5.74, 6) is -3.17. The molecule has 75 heavy (non-hydrogen) atoms. The fourth-order valence-corrected chi connectivity index (χ4v) is 8.37. The summed E-state index contributed by atoms with van der Waals surface area (Å²) in [5, 5.41) is 31.5. The Morgan fingerprint density at radius 1 is 0.453 bits per heavy atom. The molecule has 0 aromatic carbocycles. The molecule has 6 unspecified atom stereocenters. The molecule has 428 valence electrons. The highest BCUT2D eigenvalue weighted by molar-refractivity contribution is 5.74. The summed E-state index contributed by atoms with van der Waals surface area (Å²) in [5.41, 5.74) is 0. The van der Waals surface area contributed by atoms with Crippen LogP contribution in [0.2, 0.25) is 0 Å². The third-order valence-electron chi connectivity index (χ3n) is 12.9. The molecule has 0 bridgehead atoms. The molecule has 1 heterocycles. The van der Waals surface area contributed by atoms with Crippen molar-refractivity contribution in [3.8, 4) is 0 Å². The number of hydrogen-bond donors (Lipinski definition) is 3. The molecule has 6 atom stereocenters. The number of aliphatic hydroxyl groups excluding tert-OH is 2. The van der Waals surface area contributed by atoms with Crippen molar-refractivity contribution in [2.45, 2.75) is 276 Å². The van der Waals surface area contributed by atoms with Crippen molar-refractivity contribution in [1.29, 1.82) is 0 Å². The topological polar surface area (TPSA) is 175 Å². The first kappa shape index (κ1) is 68.9. The van der Waals surface area contributed by atoms with Gasteiger partial charge in [0.25, 0.3) is 0 Å². The van der Waals surface area contributed by atoms with E-state index in [1.54, 1.807) is 0 Å². The van der Waals surface area contributed by atoms with E-state index < -0.39 is 67.3 Å². The van der Waals surface area contributed by atoms with Crippen molar-refractivity contribution >= 4 is 23.9 Å². The Morgan fingerprint density at radius 3 is 1.33 bits per heavy atom. The van der Waals surface area contributed by atoms with Crippen LogP contribution >= 0.6 is 0 Å². The lowest BCUT2D eigenvalue weighted by Crippen LogP contribution is -2.61. The van der Waals surface area contributed by atoms with Crippen LogP contribution in [-0.2, 0) is 42.9 Å². The van der Waals surface area contributed by atoms with Gasteiger partial charge in [-0.15, -0.1) is 0 Å². The zero-order valence-corrected chi connectivity index (χ0v) is 47.0. The number of ether oxygens (including phenoxy) is 5. The normalized spacial score (nSPS) is 18.8. The summed E-state index contributed by atoms with van der Waals surface area (Å²) in [6.45, 7) is 5.78. The van der Waals surface area contributed by atoms with E-state index in [9.17, 15) is 34.5 Å². The monoisotopic (exact) mass is 1050 g/mol. The average molecular weight is 1050 g/mol. The summed E-state index contributed by atoms with van der Waals surface area (Å²) in [6.07, 6.45) is 52.7. The molecule has 3 N–H and O–H groups in total. The van der Waals surface area contributed by atoms with Crippen LogP contribution < -0.4 is 0 Å². The first-order chi connectivity index (χ1) is 36.6. The minimum absolute atomic E-state index is 0.0395. The van der Waals surface area contributed by atoms with Crippen LogP contribution in [0.4, 0.5) is 0 Å². The molecular weight excluding hydrogens is 949 g/mol. The Balaban J connectivity index is 2.68. The first-order valence-corrected chi connectivity index (χ1v) is 29.6. The number of carbonyl (C=O) groups is 4. The first-order valence-electron chi connectivity index (χ1n) is 29.6. The number of carbonyl (C=O) groups excluding carboxylic acids is 3. The molecule has 1 saturated heterocycles. The van der Waals surface area contributed by atoms with Crippen molar-refractivity contribution in [1.82, 2.24) is 0 Å². The van der Waals surface area contributed by atoms with Crippen LogP contribution in [0.25, 0.3) is 0 Å². The van der Waals surface area contributed by atoms with Gasteiger partial charge in [-0.2, -0.15) is 0 Å². The van der Waals surface area contributed by atoms with E-state index in [2.05, 4.69) is 106 Å². The van der Waals surface area contributed by atoms with Gasteiger partial charge in [-0.1, -0.05) is 196 Å². The largest absolute Gasteiger partial charge is 0.479 e. The average Bonchev–Trinajstić information content (AvgIpc) is 3.39. The van der Waals surface area contributed by atoms with Gasteiger partial charge in [0.05, 0.1) is 6.61 Å². The van der Waals surface area contributed by atoms with Crippen LogP contribution in [0.15, 0.2) is 85.1 Å². The molecule has 12 nitrogen and oxygen atoms in total. The minimum Gasteiger partial charge on any atom is -0.479 e. The number of carboxylic acid groups (broad SMARTS) is 1. The summed E-state index contributed by atoms with van der Waals surface area (Å²) in [6, 6.07) is 0. The third kappa shape index (κ3) is 40.8. The van der Waals surface area contributed by atoms with Gasteiger partial charge in [0.1, 0.15) is 18.8 Å². The number of esters is 3. The zero-order chi connectivity index (χ0) is 54.7. The molecule has 0 aromatic heterocycles. The Labute approximate surface area is 454 Å². The number of carboxylic acids is 1. The van der Waals surface area contributed by atoms with Gasteiger partial charge < -0.3 is 39.0 Å². The zero-order valence-electron chi connectivity index (χ0n) is 47.0. The minimum atomic E-state index is -1.91. The van der Waals surface area contributed by atoms with Gasteiger partial charge >= 0.3 is 23.9 Å². The lowest BCUT2D eigenvalue weighted by molar-refractivity contribution is -0.301. The van der Waals surface area contributed by atoms with E-state index in [1.165, 1.54) is 32.1 Å². The summed E-state index contributed by atoms with van der Waals surface area (Å²) in [7, 11) is 0. The van der Waals surface area contributed by atoms with Gasteiger partial charge in [0, 0.05) is 19.3 Å². The quantitative estimate of drug-likeness (QED) is 0.0228. The van der Waals surface area contributed by atoms with Crippen molar-refractivity contribution in [3.05, 3.63) is 85.1 Å². The molecule has 0 aromatic rings. The highest BCUT2D eigenvalue weighted by Crippen LogP contribution is 2.26. The van der Waals surface area contributed by atoms with Gasteiger partial charge in [-0.05, 0) is 109 Å². The number of aliphatic hydroxyl groups is 2. The highest BCUT2D eigenvalue weighted by atomic mass is 16.7. The lowest BCUT2D eigenvalue weighted by atomic mass is 9.98. The maximum Gasteiger partial charge on any atom is 0.335 e. The second kappa shape index (κ2) is 50.7. The third-order valence-corrected chi connectivity index (χ3v) is 12.9. The van der Waals surface area contributed by atoms with Crippen molar-refractivity contribution in [2.75, 3.05) is 13.2 Å². The molecule has 0 amide bonds. The SMILES string of the molecule is CC/C=C\C/C=C\C/C=C\C/C=C\CCCCCCCCC(=O)OCC(COC1OC(C(=O)O)C(O)C(O)C1OC(=O)CCCCCCC/C=C\C/C=C\CCCCC)OC(=O)CCCCCCC/C=C\CCCC. The van der Waals surface area contributed by atoms with Crippen molar-refractivity contribution in [2.24, 2.45) is 0 Å². The number of hydrogen-bond acceptors (Lipinski definition) is 11. The van der Waals surface area contributed by atoms with E-state index >= 15 is 0 Å². The summed E-state index contributed by atoms with van der Waals surface area (Å²) in [4.78, 5) is 51.1. The van der Waals surface area contributed by atoms with Crippen LogP contribution in [0.3, 0.4) is 0 Å². The predicted molar refractivity (Wildman–Crippen MR) is 303 cm³/mol. The molecule has 0 radical (unpaired) electrons. The smallest absolute Gasteiger partial charge is 0.335 e. The molecule has 0 spiro atoms. The van der Waals surface area contributed by atoms with Crippen molar-refractivity contribution < 1.29 is 58.2 Å². The lowest BCUT2D eigenvalue weighted by Gasteiger charge is -2.40. The molecule has 12 heteroatoms. The molecule has 1 aliphatic heterocycles. The fraction of sp³-hybridized carbons (Fsp3) is 0.714. The second-order valence-electron chi connectivity index (χ2n) is 19.9. The molecule has 1 aliphatic rings. The van der Waals surface area contributed by atoms with Crippen molar-refractivity contribution in [3.63, 3.8) is 0 Å². The van der Waals surface area contributed by atoms with Gasteiger partial charge in [0.2, 0.25) is 0 Å². The number of aliphatic carboxylic acids is 1. The number of allylic oxidation sites excluding steroid dienone is 14.